The van der Waals surface area contributed by atoms with Gasteiger partial charge in [0, 0.05) is 5.02 Å². The molecule has 1 heterocycles. The Bertz CT molecular complexity index is 748. The molecule has 0 aliphatic rings. The van der Waals surface area contributed by atoms with Crippen LogP contribution in [-0.2, 0) is 0 Å². The number of rotatable bonds is 4. The average Bonchev–Trinajstić information content (AvgIpc) is 2.47. The number of ether oxygens (including phenoxy) is 1. The molecule has 0 fully saturated rings. The Balaban J connectivity index is 2.40. The van der Waals surface area contributed by atoms with Crippen molar-refractivity contribution in [1.29, 1.82) is 5.26 Å². The Morgan fingerprint density at radius 2 is 2.18 bits per heavy atom. The number of anilines is 2. The lowest BCUT2D eigenvalue weighted by atomic mass is 10.1. The third kappa shape index (κ3) is 3.40. The van der Waals surface area contributed by atoms with E-state index >= 15 is 0 Å². The molecule has 1 aromatic carbocycles. The van der Waals surface area contributed by atoms with E-state index in [2.05, 4.69) is 27.9 Å². The Hall–Kier alpha value is -2.04. The van der Waals surface area contributed by atoms with Crippen LogP contribution in [0.25, 0.3) is 0 Å². The molecule has 0 saturated carbocycles. The van der Waals surface area contributed by atoms with Gasteiger partial charge in [-0.15, -0.1) is 12.6 Å². The molecule has 5 nitrogen and oxygen atoms in total. The second kappa shape index (κ2) is 6.81. The first-order valence-electron chi connectivity index (χ1n) is 6.25. The second-order valence-electron chi connectivity index (χ2n) is 4.39. The van der Waals surface area contributed by atoms with Crippen LogP contribution in [0, 0.1) is 24.1 Å². The number of benzene rings is 1. The summed E-state index contributed by atoms with van der Waals surface area (Å²) in [5.41, 5.74) is 0.788. The van der Waals surface area contributed by atoms with Crippen LogP contribution in [0.3, 0.4) is 0 Å². The van der Waals surface area contributed by atoms with Crippen molar-refractivity contribution in [3.8, 4) is 11.9 Å². The number of nitriles is 1. The normalized spacial score (nSPS) is 11.6. The molecular weight excluding hydrogens is 327 g/mol. The molecule has 0 aliphatic carbocycles. The van der Waals surface area contributed by atoms with Crippen LogP contribution in [0.15, 0.2) is 18.5 Å². The van der Waals surface area contributed by atoms with Crippen molar-refractivity contribution in [3.05, 3.63) is 40.4 Å². The maximum atomic E-state index is 14.3. The lowest BCUT2D eigenvalue weighted by Gasteiger charge is -2.13. The highest BCUT2D eigenvalue weighted by molar-refractivity contribution is 7.80. The monoisotopic (exact) mass is 338 g/mol. The number of halogens is 2. The number of nitrogens with zero attached hydrogens (tertiary/aromatic N) is 3. The molecule has 22 heavy (non-hydrogen) atoms. The van der Waals surface area contributed by atoms with Gasteiger partial charge in [0.05, 0.1) is 11.3 Å². The lowest BCUT2D eigenvalue weighted by Crippen LogP contribution is -2.09. The van der Waals surface area contributed by atoms with Crippen LogP contribution in [0.4, 0.5) is 15.9 Å². The van der Waals surface area contributed by atoms with Crippen LogP contribution >= 0.6 is 24.2 Å². The number of nitrogens with one attached hydrogen (secondary N) is 1. The summed E-state index contributed by atoms with van der Waals surface area (Å²) in [6.45, 7) is 3.34. The summed E-state index contributed by atoms with van der Waals surface area (Å²) < 4.78 is 19.4. The van der Waals surface area contributed by atoms with Gasteiger partial charge in [-0.05, 0) is 31.5 Å². The minimum atomic E-state index is -0.764. The molecule has 0 amide bonds. The van der Waals surface area contributed by atoms with Crippen molar-refractivity contribution in [2.45, 2.75) is 19.3 Å². The molecule has 0 aliphatic heterocycles. The van der Waals surface area contributed by atoms with E-state index in [1.54, 1.807) is 26.0 Å². The Kier molecular flexibility index (Phi) is 5.06. The summed E-state index contributed by atoms with van der Waals surface area (Å²) in [6.07, 6.45) is 1.16. The van der Waals surface area contributed by atoms with Crippen molar-refractivity contribution >= 4 is 35.7 Å². The number of aromatic nitrogens is 2. The van der Waals surface area contributed by atoms with Crippen LogP contribution in [0.5, 0.6) is 5.88 Å². The van der Waals surface area contributed by atoms with E-state index in [0.29, 0.717) is 21.8 Å². The van der Waals surface area contributed by atoms with Crippen molar-refractivity contribution in [3.63, 3.8) is 0 Å². The highest BCUT2D eigenvalue weighted by Crippen LogP contribution is 2.29. The number of hydrogen-bond donors (Lipinski definition) is 2. The summed E-state index contributed by atoms with van der Waals surface area (Å²) in [6, 6.07) is 5.23. The first kappa shape index (κ1) is 16.3. The lowest BCUT2D eigenvalue weighted by molar-refractivity contribution is 0.280. The molecule has 0 spiro atoms. The minimum absolute atomic E-state index is 0.0998. The zero-order valence-electron chi connectivity index (χ0n) is 11.8. The second-order valence-corrected chi connectivity index (χ2v) is 5.52. The molecule has 0 saturated heterocycles. The fraction of sp³-hybridized carbons (Fsp3) is 0.214. The van der Waals surface area contributed by atoms with Crippen LogP contribution < -0.4 is 10.1 Å². The van der Waals surface area contributed by atoms with E-state index < -0.39 is 11.3 Å². The molecule has 0 bridgehead atoms. The highest BCUT2D eigenvalue weighted by Gasteiger charge is 2.16. The van der Waals surface area contributed by atoms with Gasteiger partial charge in [0.25, 0.3) is 5.88 Å². The summed E-state index contributed by atoms with van der Waals surface area (Å²) in [5, 5.41) is 12.5. The van der Waals surface area contributed by atoms with Gasteiger partial charge in [-0.1, -0.05) is 11.6 Å². The maximum Gasteiger partial charge on any atom is 0.256 e. The molecule has 1 aromatic heterocycles. The smallest absolute Gasteiger partial charge is 0.256 e. The zero-order valence-corrected chi connectivity index (χ0v) is 13.4. The van der Waals surface area contributed by atoms with Gasteiger partial charge < -0.3 is 10.1 Å². The first-order chi connectivity index (χ1) is 10.4. The molecule has 1 N–H and O–H groups in total. The maximum absolute atomic E-state index is 14.3. The summed E-state index contributed by atoms with van der Waals surface area (Å²) >= 11 is 9.99. The predicted octanol–water partition coefficient (Wildman–Crippen LogP) is 3.85. The van der Waals surface area contributed by atoms with Crippen LogP contribution in [-0.4, -0.2) is 15.4 Å². The number of hydrogen-bond acceptors (Lipinski definition) is 6. The van der Waals surface area contributed by atoms with Gasteiger partial charge in [-0.25, -0.2) is 4.98 Å². The van der Waals surface area contributed by atoms with E-state index in [1.165, 1.54) is 0 Å². The van der Waals surface area contributed by atoms with E-state index in [9.17, 15) is 9.65 Å². The van der Waals surface area contributed by atoms with Crippen LogP contribution in [0.2, 0.25) is 5.02 Å². The van der Waals surface area contributed by atoms with Crippen molar-refractivity contribution < 1.29 is 9.13 Å². The largest absolute Gasteiger partial charge is 0.462 e. The molecular formula is C14H12ClFN4OS. The molecule has 8 heteroatoms. The van der Waals surface area contributed by atoms with Gasteiger partial charge in [0.15, 0.2) is 5.82 Å². The SMILES string of the molecule is Cc1c(Cl)ccc(Nc2ncnc(O[C@@H](C)S)c2F)c1C#N. The fourth-order valence-corrected chi connectivity index (χ4v) is 2.00. The van der Waals surface area contributed by atoms with Gasteiger partial charge >= 0.3 is 0 Å². The summed E-state index contributed by atoms with van der Waals surface area (Å²) in [5.74, 6) is -1.08. The standard InChI is InChI=1S/C14H12ClFN4OS/c1-7-9(5-17)11(4-3-10(7)15)20-13-12(16)14(19-6-18-13)21-8(2)22/h3-4,6,8,22H,1-2H3,(H,18,19,20)/t8-/m1/s1. The van der Waals surface area contributed by atoms with Gasteiger partial charge in [0.2, 0.25) is 5.82 Å². The van der Waals surface area contributed by atoms with E-state index in [1.807, 2.05) is 6.07 Å². The predicted molar refractivity (Wildman–Crippen MR) is 85.3 cm³/mol. The Morgan fingerprint density at radius 1 is 1.45 bits per heavy atom. The third-order valence-electron chi connectivity index (χ3n) is 2.80. The molecule has 1 atom stereocenters. The van der Waals surface area contributed by atoms with Gasteiger partial charge in [0.1, 0.15) is 17.8 Å². The summed E-state index contributed by atoms with van der Waals surface area (Å²) in [4.78, 5) is 7.54. The van der Waals surface area contributed by atoms with Gasteiger partial charge in [-0.3, -0.25) is 0 Å². The summed E-state index contributed by atoms with van der Waals surface area (Å²) in [7, 11) is 0. The zero-order chi connectivity index (χ0) is 16.3. The van der Waals surface area contributed by atoms with Crippen molar-refractivity contribution in [1.82, 2.24) is 9.97 Å². The van der Waals surface area contributed by atoms with E-state index in [-0.39, 0.29) is 11.7 Å². The van der Waals surface area contributed by atoms with E-state index in [0.717, 1.165) is 6.33 Å². The topological polar surface area (TPSA) is 70.8 Å². The third-order valence-corrected chi connectivity index (χ3v) is 3.32. The average molecular weight is 339 g/mol. The van der Waals surface area contributed by atoms with Crippen molar-refractivity contribution in [2.75, 3.05) is 5.32 Å². The molecule has 114 valence electrons. The molecule has 2 rings (SSSR count). The van der Waals surface area contributed by atoms with Gasteiger partial charge in [-0.2, -0.15) is 14.6 Å². The number of thiol groups is 1. The molecule has 0 unspecified atom stereocenters. The van der Waals surface area contributed by atoms with Crippen molar-refractivity contribution in [2.24, 2.45) is 0 Å². The first-order valence-corrected chi connectivity index (χ1v) is 7.15. The quantitative estimate of drug-likeness (QED) is 0.654. The molecule has 2 aromatic rings. The highest BCUT2D eigenvalue weighted by atomic mass is 35.5. The Morgan fingerprint density at radius 3 is 2.82 bits per heavy atom. The van der Waals surface area contributed by atoms with E-state index in [4.69, 9.17) is 16.3 Å². The fourth-order valence-electron chi connectivity index (χ4n) is 1.75. The molecule has 0 radical (unpaired) electrons. The van der Waals surface area contributed by atoms with Crippen LogP contribution in [0.1, 0.15) is 18.1 Å². The Labute approximate surface area is 137 Å². The minimum Gasteiger partial charge on any atom is -0.462 e.